The first-order valence-corrected chi connectivity index (χ1v) is 5.20. The molecule has 2 atom stereocenters. The Morgan fingerprint density at radius 1 is 1.40 bits per heavy atom. The predicted molar refractivity (Wildman–Crippen MR) is 50.2 cm³/mol. The van der Waals surface area contributed by atoms with E-state index < -0.39 is 12.1 Å². The van der Waals surface area contributed by atoms with Gasteiger partial charge in [-0.1, -0.05) is 6.42 Å². The maximum absolute atomic E-state index is 12.4. The zero-order valence-corrected chi connectivity index (χ0v) is 8.73. The minimum Gasteiger partial charge on any atom is -0.356 e. The summed E-state index contributed by atoms with van der Waals surface area (Å²) in [4.78, 5) is 10.6. The molecular weight excluding hydrogens is 207 g/mol. The average molecular weight is 223 g/mol. The highest BCUT2D eigenvalue weighted by molar-refractivity contribution is 5.72. The number of alkyl halides is 3. The summed E-state index contributed by atoms with van der Waals surface area (Å²) in [5, 5.41) is 2.58. The molecule has 5 heteroatoms. The molecular formula is C10H16F3NO. The van der Waals surface area contributed by atoms with Crippen molar-refractivity contribution in [3.63, 3.8) is 0 Å². The third-order valence-electron chi connectivity index (χ3n) is 2.89. The molecule has 0 bridgehead atoms. The first kappa shape index (κ1) is 12.3. The van der Waals surface area contributed by atoms with Crippen LogP contribution in [-0.2, 0) is 4.79 Å². The van der Waals surface area contributed by atoms with E-state index in [-0.39, 0.29) is 24.7 Å². The number of halogens is 3. The predicted octanol–water partition coefficient (Wildman–Crippen LogP) is 2.49. The van der Waals surface area contributed by atoms with Gasteiger partial charge in [-0.05, 0) is 25.2 Å². The molecule has 0 saturated heterocycles. The van der Waals surface area contributed by atoms with Crippen molar-refractivity contribution in [1.82, 2.24) is 5.32 Å². The summed E-state index contributed by atoms with van der Waals surface area (Å²) in [7, 11) is 0. The Balaban J connectivity index is 2.39. The van der Waals surface area contributed by atoms with Gasteiger partial charge in [0, 0.05) is 13.5 Å². The topological polar surface area (TPSA) is 29.1 Å². The molecule has 0 aromatic rings. The van der Waals surface area contributed by atoms with Crippen molar-refractivity contribution in [2.75, 3.05) is 6.54 Å². The molecule has 15 heavy (non-hydrogen) atoms. The maximum Gasteiger partial charge on any atom is 0.391 e. The highest BCUT2D eigenvalue weighted by Crippen LogP contribution is 2.39. The van der Waals surface area contributed by atoms with Crippen LogP contribution in [-0.4, -0.2) is 18.6 Å². The molecule has 0 spiro atoms. The van der Waals surface area contributed by atoms with Crippen molar-refractivity contribution in [2.24, 2.45) is 11.8 Å². The SMILES string of the molecule is CC(=O)NCC1CCCC(C(F)(F)F)C1. The molecule has 0 aromatic heterocycles. The second kappa shape index (κ2) is 4.86. The number of rotatable bonds is 2. The van der Waals surface area contributed by atoms with E-state index in [9.17, 15) is 18.0 Å². The summed E-state index contributed by atoms with van der Waals surface area (Å²) in [5.41, 5.74) is 0. The lowest BCUT2D eigenvalue weighted by atomic mass is 9.81. The van der Waals surface area contributed by atoms with Gasteiger partial charge in [-0.2, -0.15) is 13.2 Å². The third-order valence-corrected chi connectivity index (χ3v) is 2.89. The van der Waals surface area contributed by atoms with E-state index in [2.05, 4.69) is 5.32 Å². The van der Waals surface area contributed by atoms with Crippen LogP contribution < -0.4 is 5.32 Å². The molecule has 1 N–H and O–H groups in total. The second-order valence-electron chi connectivity index (χ2n) is 4.21. The second-order valence-corrected chi connectivity index (χ2v) is 4.21. The first-order chi connectivity index (χ1) is 6.89. The smallest absolute Gasteiger partial charge is 0.356 e. The van der Waals surface area contributed by atoms with Crippen molar-refractivity contribution in [1.29, 1.82) is 0 Å². The Bertz CT molecular complexity index is 227. The fraction of sp³-hybridized carbons (Fsp3) is 0.900. The number of carbonyl (C=O) groups is 1. The van der Waals surface area contributed by atoms with Gasteiger partial charge < -0.3 is 5.32 Å². The first-order valence-electron chi connectivity index (χ1n) is 5.20. The molecule has 1 aliphatic rings. The highest BCUT2D eigenvalue weighted by atomic mass is 19.4. The van der Waals surface area contributed by atoms with Crippen LogP contribution >= 0.6 is 0 Å². The minimum absolute atomic E-state index is 0.0192. The molecule has 0 radical (unpaired) electrons. The van der Waals surface area contributed by atoms with Crippen LogP contribution in [0.1, 0.15) is 32.6 Å². The Morgan fingerprint density at radius 3 is 2.60 bits per heavy atom. The van der Waals surface area contributed by atoms with E-state index in [1.807, 2.05) is 0 Å². The number of carbonyl (C=O) groups excluding carboxylic acids is 1. The maximum atomic E-state index is 12.4. The van der Waals surface area contributed by atoms with Crippen molar-refractivity contribution < 1.29 is 18.0 Å². The molecule has 1 rings (SSSR count). The lowest BCUT2D eigenvalue weighted by molar-refractivity contribution is -0.185. The Hall–Kier alpha value is -0.740. The molecule has 2 unspecified atom stereocenters. The summed E-state index contributed by atoms with van der Waals surface area (Å²) in [6, 6.07) is 0. The molecule has 1 saturated carbocycles. The standard InChI is InChI=1S/C10H16F3NO/c1-7(15)14-6-8-3-2-4-9(5-8)10(11,12)13/h8-9H,2-6H2,1H3,(H,14,15). The normalized spacial score (nSPS) is 27.5. The summed E-state index contributed by atoms with van der Waals surface area (Å²) in [5.74, 6) is -1.37. The van der Waals surface area contributed by atoms with Crippen molar-refractivity contribution in [2.45, 2.75) is 38.8 Å². The lowest BCUT2D eigenvalue weighted by Crippen LogP contribution is -2.34. The van der Waals surface area contributed by atoms with E-state index in [4.69, 9.17) is 0 Å². The van der Waals surface area contributed by atoms with Crippen LogP contribution in [0.2, 0.25) is 0 Å². The Kier molecular flexibility index (Phi) is 3.99. The van der Waals surface area contributed by atoms with Crippen molar-refractivity contribution in [3.8, 4) is 0 Å². The molecule has 2 nitrogen and oxygen atoms in total. The van der Waals surface area contributed by atoms with Gasteiger partial charge in [0.1, 0.15) is 0 Å². The number of nitrogens with one attached hydrogen (secondary N) is 1. The van der Waals surface area contributed by atoms with Gasteiger partial charge in [0.2, 0.25) is 5.91 Å². The fourth-order valence-electron chi connectivity index (χ4n) is 2.06. The van der Waals surface area contributed by atoms with Crippen LogP contribution in [0.4, 0.5) is 13.2 Å². The minimum atomic E-state index is -4.07. The molecule has 1 amide bonds. The summed E-state index contributed by atoms with van der Waals surface area (Å²) < 4.78 is 37.3. The molecule has 1 fully saturated rings. The van der Waals surface area contributed by atoms with Gasteiger partial charge in [0.15, 0.2) is 0 Å². The molecule has 0 heterocycles. The van der Waals surface area contributed by atoms with Crippen LogP contribution in [0, 0.1) is 11.8 Å². The van der Waals surface area contributed by atoms with E-state index in [1.165, 1.54) is 6.92 Å². The summed E-state index contributed by atoms with van der Waals surface area (Å²) >= 11 is 0. The number of hydrogen-bond donors (Lipinski definition) is 1. The van der Waals surface area contributed by atoms with E-state index in [0.717, 1.165) is 6.42 Å². The quantitative estimate of drug-likeness (QED) is 0.765. The molecule has 0 aliphatic heterocycles. The fourth-order valence-corrected chi connectivity index (χ4v) is 2.06. The van der Waals surface area contributed by atoms with E-state index >= 15 is 0 Å². The molecule has 0 aromatic carbocycles. The zero-order chi connectivity index (χ0) is 11.5. The highest BCUT2D eigenvalue weighted by Gasteiger charge is 2.41. The number of amides is 1. The van der Waals surface area contributed by atoms with Gasteiger partial charge in [-0.25, -0.2) is 0 Å². The van der Waals surface area contributed by atoms with Crippen molar-refractivity contribution >= 4 is 5.91 Å². The molecule has 1 aliphatic carbocycles. The summed E-state index contributed by atoms with van der Waals surface area (Å²) in [6.07, 6.45) is -2.29. The lowest BCUT2D eigenvalue weighted by Gasteiger charge is -2.30. The van der Waals surface area contributed by atoms with Crippen LogP contribution in [0.25, 0.3) is 0 Å². The van der Waals surface area contributed by atoms with Crippen LogP contribution in [0.5, 0.6) is 0 Å². The zero-order valence-electron chi connectivity index (χ0n) is 8.73. The van der Waals surface area contributed by atoms with Crippen LogP contribution in [0.3, 0.4) is 0 Å². The van der Waals surface area contributed by atoms with Crippen LogP contribution in [0.15, 0.2) is 0 Å². The third kappa shape index (κ3) is 4.10. The van der Waals surface area contributed by atoms with E-state index in [1.54, 1.807) is 0 Å². The summed E-state index contributed by atoms with van der Waals surface area (Å²) in [6.45, 7) is 1.76. The Morgan fingerprint density at radius 2 is 2.07 bits per heavy atom. The largest absolute Gasteiger partial charge is 0.391 e. The molecule has 88 valence electrons. The monoisotopic (exact) mass is 223 g/mol. The van der Waals surface area contributed by atoms with Crippen molar-refractivity contribution in [3.05, 3.63) is 0 Å². The van der Waals surface area contributed by atoms with Gasteiger partial charge in [0.05, 0.1) is 5.92 Å². The van der Waals surface area contributed by atoms with Gasteiger partial charge in [0.25, 0.3) is 0 Å². The van der Waals surface area contributed by atoms with Gasteiger partial charge >= 0.3 is 6.18 Å². The van der Waals surface area contributed by atoms with Gasteiger partial charge in [-0.3, -0.25) is 4.79 Å². The number of hydrogen-bond acceptors (Lipinski definition) is 1. The van der Waals surface area contributed by atoms with E-state index in [0.29, 0.717) is 13.0 Å². The Labute approximate surface area is 87.2 Å². The average Bonchev–Trinajstić information content (AvgIpc) is 2.14. The van der Waals surface area contributed by atoms with Gasteiger partial charge in [-0.15, -0.1) is 0 Å².